The number of nitrogens with one attached hydrogen (secondary N) is 1. The maximum absolute atomic E-state index is 13.9. The Morgan fingerprint density at radius 2 is 2.14 bits per heavy atom. The van der Waals surface area contributed by atoms with Crippen molar-refractivity contribution in [1.82, 2.24) is 4.90 Å². The Bertz CT molecular complexity index is 604. The van der Waals surface area contributed by atoms with E-state index >= 15 is 0 Å². The summed E-state index contributed by atoms with van der Waals surface area (Å²) in [7, 11) is -1.24. The average Bonchev–Trinajstić information content (AvgIpc) is 2.40. The highest BCUT2D eigenvalue weighted by Gasteiger charge is 2.23. The van der Waals surface area contributed by atoms with Crippen LogP contribution in [0.1, 0.15) is 19.8 Å². The first kappa shape index (κ1) is 16.2. The van der Waals surface area contributed by atoms with Crippen molar-refractivity contribution in [3.8, 4) is 0 Å². The zero-order chi connectivity index (χ0) is 15.6. The molecule has 2 unspecified atom stereocenters. The van der Waals surface area contributed by atoms with E-state index in [-0.39, 0.29) is 16.6 Å². The van der Waals surface area contributed by atoms with Gasteiger partial charge in [0, 0.05) is 18.8 Å². The fourth-order valence-electron chi connectivity index (χ4n) is 2.82. The summed E-state index contributed by atoms with van der Waals surface area (Å²) in [6.45, 7) is 4.10. The van der Waals surface area contributed by atoms with Crippen molar-refractivity contribution in [3.63, 3.8) is 0 Å². The minimum absolute atomic E-state index is 0.0945. The maximum atomic E-state index is 13.9. The van der Waals surface area contributed by atoms with Crippen LogP contribution in [0.15, 0.2) is 23.1 Å². The highest BCUT2D eigenvalue weighted by molar-refractivity contribution is 7.90. The quantitative estimate of drug-likeness (QED) is 0.867. The second-order valence-electron chi connectivity index (χ2n) is 6.01. The van der Waals surface area contributed by atoms with Gasteiger partial charge in [-0.15, -0.1) is 0 Å². The second kappa shape index (κ2) is 6.32. The van der Waals surface area contributed by atoms with E-state index in [0.29, 0.717) is 5.92 Å². The van der Waals surface area contributed by atoms with Gasteiger partial charge < -0.3 is 10.2 Å². The van der Waals surface area contributed by atoms with Gasteiger partial charge in [0.15, 0.2) is 9.84 Å². The Hall–Kier alpha value is -1.14. The molecular weight excluding hydrogens is 291 g/mol. The lowest BCUT2D eigenvalue weighted by molar-refractivity contribution is 0.197. The van der Waals surface area contributed by atoms with Crippen LogP contribution in [0.25, 0.3) is 0 Å². The molecule has 0 bridgehead atoms. The number of hydrogen-bond donors (Lipinski definition) is 1. The topological polar surface area (TPSA) is 49.4 Å². The first-order chi connectivity index (χ1) is 9.77. The summed E-state index contributed by atoms with van der Waals surface area (Å²) in [6.07, 6.45) is 3.37. The molecule has 118 valence electrons. The molecule has 6 heteroatoms. The summed E-state index contributed by atoms with van der Waals surface area (Å²) in [4.78, 5) is 2.41. The van der Waals surface area contributed by atoms with Crippen molar-refractivity contribution in [3.05, 3.63) is 24.0 Å². The number of anilines is 1. The third kappa shape index (κ3) is 4.17. The summed E-state index contributed by atoms with van der Waals surface area (Å²) in [5, 5.41) is 3.15. The maximum Gasteiger partial charge on any atom is 0.175 e. The van der Waals surface area contributed by atoms with E-state index in [1.54, 1.807) is 0 Å². The van der Waals surface area contributed by atoms with Crippen LogP contribution in [-0.2, 0) is 9.84 Å². The van der Waals surface area contributed by atoms with E-state index < -0.39 is 15.7 Å². The number of likely N-dealkylation sites (tertiary alicyclic amines) is 1. The lowest BCUT2D eigenvalue weighted by atomic mass is 9.92. The van der Waals surface area contributed by atoms with Gasteiger partial charge >= 0.3 is 0 Å². The third-order valence-corrected chi connectivity index (χ3v) is 5.23. The molecule has 1 saturated heterocycles. The Morgan fingerprint density at radius 3 is 2.76 bits per heavy atom. The lowest BCUT2D eigenvalue weighted by Gasteiger charge is -2.34. The van der Waals surface area contributed by atoms with Gasteiger partial charge in [-0.3, -0.25) is 0 Å². The molecule has 1 aromatic carbocycles. The van der Waals surface area contributed by atoms with Crippen LogP contribution < -0.4 is 5.32 Å². The van der Waals surface area contributed by atoms with E-state index in [1.165, 1.54) is 18.2 Å². The Kier molecular flexibility index (Phi) is 4.88. The summed E-state index contributed by atoms with van der Waals surface area (Å²) in [6, 6.07) is 3.98. The van der Waals surface area contributed by atoms with E-state index in [4.69, 9.17) is 0 Å². The largest absolute Gasteiger partial charge is 0.380 e. The summed E-state index contributed by atoms with van der Waals surface area (Å²) >= 11 is 0. The van der Waals surface area contributed by atoms with Gasteiger partial charge in [-0.05, 0) is 57.5 Å². The summed E-state index contributed by atoms with van der Waals surface area (Å²) in [5.74, 6) is 0.0171. The fourth-order valence-corrected chi connectivity index (χ4v) is 3.47. The number of nitrogens with zero attached hydrogens (tertiary/aromatic N) is 1. The molecule has 0 saturated carbocycles. The Morgan fingerprint density at radius 1 is 1.43 bits per heavy atom. The highest BCUT2D eigenvalue weighted by atomic mass is 32.2. The number of halogens is 1. The van der Waals surface area contributed by atoms with Crippen LogP contribution in [0.3, 0.4) is 0 Å². The molecule has 4 nitrogen and oxygen atoms in total. The second-order valence-corrected chi connectivity index (χ2v) is 8.03. The molecule has 1 N–H and O–H groups in total. The molecule has 0 aliphatic carbocycles. The van der Waals surface area contributed by atoms with Gasteiger partial charge in [-0.2, -0.15) is 0 Å². The molecule has 21 heavy (non-hydrogen) atoms. The van der Waals surface area contributed by atoms with Gasteiger partial charge in [0.1, 0.15) is 5.82 Å². The molecule has 0 aromatic heterocycles. The predicted molar refractivity (Wildman–Crippen MR) is 82.8 cm³/mol. The number of benzene rings is 1. The zero-order valence-corrected chi connectivity index (χ0v) is 13.6. The van der Waals surface area contributed by atoms with E-state index in [0.717, 1.165) is 32.2 Å². The van der Waals surface area contributed by atoms with Crippen molar-refractivity contribution in [1.29, 1.82) is 0 Å². The van der Waals surface area contributed by atoms with Gasteiger partial charge in [-0.1, -0.05) is 0 Å². The van der Waals surface area contributed by atoms with Crippen molar-refractivity contribution >= 4 is 15.5 Å². The van der Waals surface area contributed by atoms with E-state index in [2.05, 4.69) is 17.3 Å². The number of hydrogen-bond acceptors (Lipinski definition) is 4. The normalized spacial score (nSPS) is 22.0. The first-order valence-corrected chi connectivity index (χ1v) is 9.11. The van der Waals surface area contributed by atoms with Crippen LogP contribution in [-0.4, -0.2) is 45.8 Å². The smallest absolute Gasteiger partial charge is 0.175 e. The molecule has 0 radical (unpaired) electrons. The van der Waals surface area contributed by atoms with Crippen molar-refractivity contribution in [2.24, 2.45) is 5.92 Å². The summed E-state index contributed by atoms with van der Waals surface area (Å²) in [5.41, 5.74) is 0.263. The number of piperidine rings is 1. The molecule has 1 aromatic rings. The molecule has 2 atom stereocenters. The fraction of sp³-hybridized carbons (Fsp3) is 0.600. The monoisotopic (exact) mass is 314 g/mol. The van der Waals surface area contributed by atoms with Crippen molar-refractivity contribution in [2.75, 3.05) is 31.7 Å². The lowest BCUT2D eigenvalue weighted by Crippen LogP contribution is -2.40. The first-order valence-electron chi connectivity index (χ1n) is 7.22. The highest BCUT2D eigenvalue weighted by Crippen LogP contribution is 2.25. The van der Waals surface area contributed by atoms with Crippen LogP contribution >= 0.6 is 0 Å². The molecule has 0 amide bonds. The third-order valence-electron chi connectivity index (χ3n) is 4.12. The van der Waals surface area contributed by atoms with Crippen LogP contribution in [0.2, 0.25) is 0 Å². The van der Waals surface area contributed by atoms with Crippen molar-refractivity contribution in [2.45, 2.75) is 30.7 Å². The Balaban J connectivity index is 2.15. The zero-order valence-electron chi connectivity index (χ0n) is 12.8. The van der Waals surface area contributed by atoms with Gasteiger partial charge in [0.05, 0.1) is 10.6 Å². The number of sulfone groups is 1. The predicted octanol–water partition coefficient (Wildman–Crippen LogP) is 2.37. The minimum atomic E-state index is -3.33. The standard InChI is InChI=1S/C15H23FN2O2S/c1-11(12-5-4-8-18(2)10-12)17-15-9-13(21(3,19)20)6-7-14(15)16/h6-7,9,11-12,17H,4-5,8,10H2,1-3H3. The van der Waals surface area contributed by atoms with E-state index in [1.807, 2.05) is 6.92 Å². The van der Waals surface area contributed by atoms with Crippen LogP contribution in [0.4, 0.5) is 10.1 Å². The Labute approximate surface area is 126 Å². The molecule has 2 rings (SSSR count). The molecular formula is C15H23FN2O2S. The molecule has 1 aliphatic heterocycles. The average molecular weight is 314 g/mol. The summed E-state index contributed by atoms with van der Waals surface area (Å²) < 4.78 is 37.0. The minimum Gasteiger partial charge on any atom is -0.380 e. The van der Waals surface area contributed by atoms with Gasteiger partial charge in [0.2, 0.25) is 0 Å². The molecule has 1 aliphatic rings. The van der Waals surface area contributed by atoms with Crippen LogP contribution in [0.5, 0.6) is 0 Å². The van der Waals surface area contributed by atoms with Crippen molar-refractivity contribution < 1.29 is 12.8 Å². The van der Waals surface area contributed by atoms with Gasteiger partial charge in [0.25, 0.3) is 0 Å². The van der Waals surface area contributed by atoms with Gasteiger partial charge in [-0.25, -0.2) is 12.8 Å². The SMILES string of the molecule is CC(Nc1cc(S(C)(=O)=O)ccc1F)C1CCCN(C)C1. The molecule has 0 spiro atoms. The van der Waals surface area contributed by atoms with Crippen LogP contribution in [0, 0.1) is 11.7 Å². The molecule has 1 heterocycles. The van der Waals surface area contributed by atoms with E-state index in [9.17, 15) is 12.8 Å². The molecule has 1 fully saturated rings. The number of rotatable bonds is 4.